The molecule has 31 heavy (non-hydrogen) atoms. The molecule has 1 aromatic heterocycles. The topological polar surface area (TPSA) is 88.4 Å². The third-order valence-electron chi connectivity index (χ3n) is 8.46. The third-order valence-corrected chi connectivity index (χ3v) is 8.46. The molecule has 1 saturated heterocycles. The first kappa shape index (κ1) is 19.1. The van der Waals surface area contributed by atoms with Gasteiger partial charge in [-0.2, -0.15) is 0 Å². The van der Waals surface area contributed by atoms with E-state index in [-0.39, 0.29) is 22.0 Å². The lowest BCUT2D eigenvalue weighted by Crippen LogP contribution is -2.60. The molecule has 6 nitrogen and oxygen atoms in total. The van der Waals surface area contributed by atoms with Crippen molar-refractivity contribution < 1.29 is 9.53 Å². The number of aromatic amines is 1. The molecule has 2 unspecified atom stereocenters. The minimum Gasteiger partial charge on any atom is -0.497 e. The summed E-state index contributed by atoms with van der Waals surface area (Å²) in [6.07, 6.45) is 6.48. The lowest BCUT2D eigenvalue weighted by molar-refractivity contribution is 0.00114. The lowest BCUT2D eigenvalue weighted by Gasteiger charge is -2.56. The maximum Gasteiger partial charge on any atom is 0.261 e. The molecule has 162 valence electrons. The van der Waals surface area contributed by atoms with E-state index in [9.17, 15) is 9.59 Å². The zero-order valence-electron chi connectivity index (χ0n) is 18.0. The number of primary amides is 1. The fraction of sp³-hybridized carbons (Fsp3) is 0.520. The van der Waals surface area contributed by atoms with E-state index in [1.54, 1.807) is 13.2 Å². The molecule has 2 heterocycles. The number of piperidine rings is 1. The minimum atomic E-state index is -0.656. The molecule has 1 aliphatic heterocycles. The summed E-state index contributed by atoms with van der Waals surface area (Å²) in [5.41, 5.74) is 10.1. The number of hydrogen-bond donors (Lipinski definition) is 2. The van der Waals surface area contributed by atoms with Crippen molar-refractivity contribution in [2.45, 2.75) is 43.9 Å². The summed E-state index contributed by atoms with van der Waals surface area (Å²) in [5.74, 6) is 1.10. The number of fused-ring (bicyclic) bond motifs is 2. The van der Waals surface area contributed by atoms with Crippen LogP contribution in [-0.2, 0) is 24.7 Å². The molecule has 0 radical (unpaired) electrons. The Hall–Kier alpha value is -2.60. The third kappa shape index (κ3) is 2.73. The second-order valence-electron chi connectivity index (χ2n) is 10.2. The van der Waals surface area contributed by atoms with Crippen LogP contribution in [0.15, 0.2) is 29.1 Å². The van der Waals surface area contributed by atoms with Crippen LogP contribution in [0.25, 0.3) is 0 Å². The van der Waals surface area contributed by atoms with Crippen molar-refractivity contribution in [3.63, 3.8) is 0 Å². The van der Waals surface area contributed by atoms with Crippen molar-refractivity contribution in [3.05, 3.63) is 62.6 Å². The van der Waals surface area contributed by atoms with Crippen LogP contribution in [-0.4, -0.2) is 42.5 Å². The number of pyridine rings is 1. The van der Waals surface area contributed by atoms with Crippen molar-refractivity contribution in [3.8, 4) is 5.75 Å². The summed E-state index contributed by atoms with van der Waals surface area (Å²) in [4.78, 5) is 30.0. The molecule has 1 amide bonds. The first-order valence-electron chi connectivity index (χ1n) is 11.4. The number of benzene rings is 1. The fourth-order valence-electron chi connectivity index (χ4n) is 6.82. The number of aromatic nitrogens is 1. The van der Waals surface area contributed by atoms with Crippen molar-refractivity contribution in [2.24, 2.45) is 17.1 Å². The number of amides is 1. The SMILES string of the molecule is COc1ccc2c(c1)C13CCN(CC4CC4)CC1(C2)Cc1cc(C(N)=O)c(=O)[nH]c1C3. The molecule has 3 N–H and O–H groups in total. The van der Waals surface area contributed by atoms with Gasteiger partial charge in [0, 0.05) is 29.6 Å². The van der Waals surface area contributed by atoms with Gasteiger partial charge in [0.25, 0.3) is 11.5 Å². The van der Waals surface area contributed by atoms with E-state index in [1.807, 2.05) is 0 Å². The highest BCUT2D eigenvalue weighted by Crippen LogP contribution is 2.62. The van der Waals surface area contributed by atoms with Gasteiger partial charge in [-0.15, -0.1) is 0 Å². The van der Waals surface area contributed by atoms with E-state index in [2.05, 4.69) is 28.1 Å². The lowest BCUT2D eigenvalue weighted by atomic mass is 9.52. The number of nitrogens with two attached hydrogens (primary N) is 1. The molecule has 2 atom stereocenters. The second kappa shape index (κ2) is 6.45. The molecule has 3 aliphatic carbocycles. The summed E-state index contributed by atoms with van der Waals surface area (Å²) in [6.45, 7) is 3.35. The monoisotopic (exact) mass is 419 g/mol. The number of rotatable bonds is 4. The van der Waals surface area contributed by atoms with Gasteiger partial charge in [0.05, 0.1) is 7.11 Å². The zero-order valence-corrected chi connectivity index (χ0v) is 18.0. The van der Waals surface area contributed by atoms with Crippen molar-refractivity contribution in [1.29, 1.82) is 0 Å². The largest absolute Gasteiger partial charge is 0.497 e. The predicted molar refractivity (Wildman–Crippen MR) is 118 cm³/mol. The molecule has 1 aromatic carbocycles. The molecule has 6 heteroatoms. The Balaban J connectivity index is 1.50. The number of methoxy groups -OCH3 is 1. The highest BCUT2D eigenvalue weighted by atomic mass is 16.5. The van der Waals surface area contributed by atoms with Crippen LogP contribution < -0.4 is 16.0 Å². The quantitative estimate of drug-likeness (QED) is 0.795. The average molecular weight is 420 g/mol. The van der Waals surface area contributed by atoms with Gasteiger partial charge in [-0.1, -0.05) is 6.07 Å². The van der Waals surface area contributed by atoms with Gasteiger partial charge < -0.3 is 20.4 Å². The van der Waals surface area contributed by atoms with Crippen LogP contribution in [0.4, 0.5) is 0 Å². The van der Waals surface area contributed by atoms with Crippen molar-refractivity contribution in [1.82, 2.24) is 9.88 Å². The predicted octanol–water partition coefficient (Wildman–Crippen LogP) is 2.18. The van der Waals surface area contributed by atoms with Crippen molar-refractivity contribution >= 4 is 5.91 Å². The first-order valence-corrected chi connectivity index (χ1v) is 11.4. The average Bonchev–Trinajstić information content (AvgIpc) is 3.51. The maximum atomic E-state index is 12.5. The van der Waals surface area contributed by atoms with Gasteiger partial charge in [0.15, 0.2) is 0 Å². The number of nitrogens with one attached hydrogen (secondary N) is 1. The second-order valence-corrected chi connectivity index (χ2v) is 10.2. The van der Waals surface area contributed by atoms with E-state index in [4.69, 9.17) is 10.5 Å². The van der Waals surface area contributed by atoms with E-state index in [0.29, 0.717) is 0 Å². The molecule has 2 fully saturated rings. The van der Waals surface area contributed by atoms with E-state index in [0.717, 1.165) is 61.7 Å². The molecule has 0 spiro atoms. The zero-order chi connectivity index (χ0) is 21.4. The van der Waals surface area contributed by atoms with Crippen molar-refractivity contribution in [2.75, 3.05) is 26.7 Å². The number of likely N-dealkylation sites (tertiary alicyclic amines) is 1. The highest BCUT2D eigenvalue weighted by molar-refractivity contribution is 5.92. The Morgan fingerprint density at radius 1 is 1.23 bits per heavy atom. The number of carbonyl (C=O) groups is 1. The molecule has 0 bridgehead atoms. The van der Waals surface area contributed by atoms with Crippen LogP contribution in [0.5, 0.6) is 5.75 Å². The Kier molecular flexibility index (Phi) is 3.98. The normalized spacial score (nSPS) is 28.9. The number of nitrogens with zero attached hydrogens (tertiary/aromatic N) is 1. The van der Waals surface area contributed by atoms with Crippen LogP contribution in [0.1, 0.15) is 52.0 Å². The summed E-state index contributed by atoms with van der Waals surface area (Å²) in [5, 5.41) is 0. The van der Waals surface area contributed by atoms with E-state index >= 15 is 0 Å². The minimum absolute atomic E-state index is 0.0128. The summed E-state index contributed by atoms with van der Waals surface area (Å²) >= 11 is 0. The number of carbonyl (C=O) groups excluding carboxylic acids is 1. The van der Waals surface area contributed by atoms with E-state index < -0.39 is 5.91 Å². The molecular weight excluding hydrogens is 390 g/mol. The number of hydrogen-bond acceptors (Lipinski definition) is 4. The fourth-order valence-corrected chi connectivity index (χ4v) is 6.82. The Labute approximate surface area is 181 Å². The van der Waals surface area contributed by atoms with E-state index in [1.165, 1.54) is 30.5 Å². The van der Waals surface area contributed by atoms with Gasteiger partial charge >= 0.3 is 0 Å². The van der Waals surface area contributed by atoms with Gasteiger partial charge in [-0.25, -0.2) is 0 Å². The standard InChI is InChI=1S/C25H29N3O3/c1-31-18-5-4-16-10-24-11-17-8-19(22(26)29)23(30)27-21(17)12-25(24,20(16)9-18)6-7-28(14-24)13-15-2-3-15/h4-5,8-9,15H,2-3,6-7,10-14H2,1H3,(H2,26,29)(H,27,30). The van der Waals surface area contributed by atoms with Crippen LogP contribution >= 0.6 is 0 Å². The van der Waals surface area contributed by atoms with Gasteiger partial charge in [-0.3, -0.25) is 9.59 Å². The summed E-state index contributed by atoms with van der Waals surface area (Å²) < 4.78 is 5.59. The number of H-pyrrole nitrogens is 1. The van der Waals surface area contributed by atoms with Crippen LogP contribution in [0, 0.1) is 11.3 Å². The molecule has 1 saturated carbocycles. The molecule has 2 aromatic rings. The highest BCUT2D eigenvalue weighted by Gasteiger charge is 2.61. The maximum absolute atomic E-state index is 12.5. The van der Waals surface area contributed by atoms with Gasteiger partial charge in [0.2, 0.25) is 0 Å². The Morgan fingerprint density at radius 3 is 2.77 bits per heavy atom. The Morgan fingerprint density at radius 2 is 2.03 bits per heavy atom. The van der Waals surface area contributed by atoms with Gasteiger partial charge in [0.1, 0.15) is 11.3 Å². The molecule has 6 rings (SSSR count). The molecular formula is C25H29N3O3. The smallest absolute Gasteiger partial charge is 0.261 e. The van der Waals surface area contributed by atoms with Crippen LogP contribution in [0.2, 0.25) is 0 Å². The summed E-state index contributed by atoms with van der Waals surface area (Å²) in [7, 11) is 1.72. The van der Waals surface area contributed by atoms with Crippen LogP contribution in [0.3, 0.4) is 0 Å². The van der Waals surface area contributed by atoms with Gasteiger partial charge in [-0.05, 0) is 85.9 Å². The summed E-state index contributed by atoms with van der Waals surface area (Å²) in [6, 6.07) is 8.29. The Bertz CT molecular complexity index is 1150. The molecule has 4 aliphatic rings. The number of ether oxygens (including phenoxy) is 1. The first-order chi connectivity index (χ1) is 14.9.